The molecule has 0 spiro atoms. The number of hydrogen-bond donors (Lipinski definition) is 0. The van der Waals surface area contributed by atoms with Crippen LogP contribution in [-0.4, -0.2) is 40.3 Å². The van der Waals surface area contributed by atoms with E-state index in [1.165, 1.54) is 70.6 Å². The molecule has 0 bridgehead atoms. The molecular weight excluding hydrogens is 364 g/mol. The van der Waals surface area contributed by atoms with Crippen LogP contribution >= 0.6 is 0 Å². The molecule has 5 nitrogen and oxygen atoms in total. The van der Waals surface area contributed by atoms with Crippen LogP contribution in [0.2, 0.25) is 0 Å². The van der Waals surface area contributed by atoms with Gasteiger partial charge in [0.2, 0.25) is 0 Å². The van der Waals surface area contributed by atoms with Gasteiger partial charge in [-0.3, -0.25) is 4.18 Å². The van der Waals surface area contributed by atoms with Crippen LogP contribution in [0.1, 0.15) is 103 Å². The first-order valence-corrected chi connectivity index (χ1v) is 12.9. The predicted molar refractivity (Wildman–Crippen MR) is 110 cm³/mol. The van der Waals surface area contributed by atoms with Crippen molar-refractivity contribution >= 4 is 10.1 Å². The summed E-state index contributed by atoms with van der Waals surface area (Å²) >= 11 is 0. The van der Waals surface area contributed by atoms with Gasteiger partial charge < -0.3 is 9.47 Å². The van der Waals surface area contributed by atoms with E-state index >= 15 is 0 Å². The SMILES string of the molecule is CCCCCCCCCCCCCCC1(CCCOS(C)(=O)=O)OCCO1. The van der Waals surface area contributed by atoms with E-state index in [1.54, 1.807) is 0 Å². The van der Waals surface area contributed by atoms with E-state index in [0.29, 0.717) is 26.1 Å². The van der Waals surface area contributed by atoms with Crippen molar-refractivity contribution in [2.24, 2.45) is 0 Å². The van der Waals surface area contributed by atoms with Gasteiger partial charge in [0.25, 0.3) is 10.1 Å². The highest BCUT2D eigenvalue weighted by molar-refractivity contribution is 7.85. The lowest BCUT2D eigenvalue weighted by Gasteiger charge is -2.27. The number of unbranched alkanes of at least 4 members (excludes halogenated alkanes) is 11. The van der Waals surface area contributed by atoms with Gasteiger partial charge in [-0.2, -0.15) is 8.42 Å². The Kier molecular flexibility index (Phi) is 13.6. The molecule has 0 aromatic rings. The third-order valence-corrected chi connectivity index (χ3v) is 5.82. The zero-order valence-corrected chi connectivity index (χ0v) is 18.5. The maximum Gasteiger partial charge on any atom is 0.264 e. The molecule has 0 aromatic heterocycles. The summed E-state index contributed by atoms with van der Waals surface area (Å²) in [6.45, 7) is 3.72. The van der Waals surface area contributed by atoms with Gasteiger partial charge >= 0.3 is 0 Å². The summed E-state index contributed by atoms with van der Waals surface area (Å²) in [4.78, 5) is 0. The van der Waals surface area contributed by atoms with E-state index in [1.807, 2.05) is 0 Å². The zero-order chi connectivity index (χ0) is 19.8. The minimum Gasteiger partial charge on any atom is -0.348 e. The summed E-state index contributed by atoms with van der Waals surface area (Å²) in [5.74, 6) is -0.515. The molecule has 1 rings (SSSR count). The number of hydrogen-bond acceptors (Lipinski definition) is 5. The lowest BCUT2D eigenvalue weighted by molar-refractivity contribution is -0.169. The van der Waals surface area contributed by atoms with Crippen LogP contribution in [-0.2, 0) is 23.8 Å². The maximum absolute atomic E-state index is 11.0. The van der Waals surface area contributed by atoms with E-state index < -0.39 is 15.9 Å². The van der Waals surface area contributed by atoms with Gasteiger partial charge in [0.15, 0.2) is 5.79 Å². The second kappa shape index (κ2) is 14.8. The molecule has 162 valence electrons. The first kappa shape index (κ1) is 24.9. The van der Waals surface area contributed by atoms with Gasteiger partial charge in [-0.1, -0.05) is 77.6 Å². The Morgan fingerprint density at radius 3 is 1.67 bits per heavy atom. The molecule has 0 unspecified atom stereocenters. The van der Waals surface area contributed by atoms with Gasteiger partial charge in [-0.05, 0) is 12.8 Å². The summed E-state index contributed by atoms with van der Waals surface area (Å²) < 4.78 is 38.5. The predicted octanol–water partition coefficient (Wildman–Crippen LogP) is 5.58. The van der Waals surface area contributed by atoms with Crippen LogP contribution in [0.5, 0.6) is 0 Å². The second-order valence-electron chi connectivity index (χ2n) is 7.88. The molecule has 1 saturated heterocycles. The standard InChI is InChI=1S/C21H42O5S/c1-3-4-5-6-7-8-9-10-11-12-13-14-16-21(24-19-20-25-21)17-15-18-26-27(2,22)23/h3-20H2,1-2H3. The van der Waals surface area contributed by atoms with E-state index in [4.69, 9.17) is 13.7 Å². The molecule has 1 fully saturated rings. The zero-order valence-electron chi connectivity index (χ0n) is 17.7. The van der Waals surface area contributed by atoms with Crippen LogP contribution in [0.15, 0.2) is 0 Å². The molecule has 0 saturated carbocycles. The van der Waals surface area contributed by atoms with Crippen molar-refractivity contribution in [3.8, 4) is 0 Å². The molecule has 27 heavy (non-hydrogen) atoms. The quantitative estimate of drug-likeness (QED) is 0.220. The fourth-order valence-electron chi connectivity index (χ4n) is 3.70. The minimum absolute atomic E-state index is 0.200. The lowest BCUT2D eigenvalue weighted by atomic mass is 10.0. The average molecular weight is 407 g/mol. The van der Waals surface area contributed by atoms with Crippen molar-refractivity contribution in [3.63, 3.8) is 0 Å². The molecule has 0 amide bonds. The Morgan fingerprint density at radius 2 is 1.19 bits per heavy atom. The lowest BCUT2D eigenvalue weighted by Crippen LogP contribution is -2.30. The van der Waals surface area contributed by atoms with E-state index in [-0.39, 0.29) is 6.61 Å². The van der Waals surface area contributed by atoms with E-state index in [0.717, 1.165) is 19.1 Å². The normalized spacial score (nSPS) is 16.8. The summed E-state index contributed by atoms with van der Waals surface area (Å²) in [6.07, 6.45) is 19.3. The van der Waals surface area contributed by atoms with Gasteiger partial charge in [0.05, 0.1) is 26.1 Å². The Bertz CT molecular complexity index is 443. The molecule has 0 atom stereocenters. The Labute approximate surface area is 167 Å². The molecule has 6 heteroatoms. The van der Waals surface area contributed by atoms with E-state index in [9.17, 15) is 8.42 Å². The van der Waals surface area contributed by atoms with Crippen molar-refractivity contribution in [2.45, 2.75) is 109 Å². The van der Waals surface area contributed by atoms with Crippen LogP contribution in [0, 0.1) is 0 Å². The van der Waals surface area contributed by atoms with Crippen LogP contribution in [0.4, 0.5) is 0 Å². The van der Waals surface area contributed by atoms with Gasteiger partial charge in [0.1, 0.15) is 0 Å². The maximum atomic E-state index is 11.0. The topological polar surface area (TPSA) is 61.8 Å². The monoisotopic (exact) mass is 406 g/mol. The summed E-state index contributed by atoms with van der Waals surface area (Å²) in [6, 6.07) is 0. The molecule has 0 N–H and O–H groups in total. The molecule has 0 aromatic carbocycles. The smallest absolute Gasteiger partial charge is 0.264 e. The van der Waals surface area contributed by atoms with Crippen LogP contribution in [0.3, 0.4) is 0 Å². The molecule has 0 aliphatic carbocycles. The molecule has 1 aliphatic heterocycles. The first-order chi connectivity index (χ1) is 13.0. The third kappa shape index (κ3) is 13.6. The number of rotatable bonds is 18. The fraction of sp³-hybridized carbons (Fsp3) is 1.00. The molecule has 1 aliphatic rings. The van der Waals surface area contributed by atoms with Crippen molar-refractivity contribution in [2.75, 3.05) is 26.1 Å². The van der Waals surface area contributed by atoms with Crippen molar-refractivity contribution < 1.29 is 22.1 Å². The van der Waals surface area contributed by atoms with Gasteiger partial charge in [-0.15, -0.1) is 0 Å². The third-order valence-electron chi connectivity index (χ3n) is 5.22. The van der Waals surface area contributed by atoms with Crippen molar-refractivity contribution in [1.29, 1.82) is 0 Å². The highest BCUT2D eigenvalue weighted by Crippen LogP contribution is 2.31. The second-order valence-corrected chi connectivity index (χ2v) is 9.52. The van der Waals surface area contributed by atoms with Crippen LogP contribution in [0.25, 0.3) is 0 Å². The summed E-state index contributed by atoms with van der Waals surface area (Å²) in [7, 11) is -3.36. The molecule has 1 heterocycles. The minimum atomic E-state index is -3.36. The first-order valence-electron chi connectivity index (χ1n) is 11.1. The number of ether oxygens (including phenoxy) is 2. The largest absolute Gasteiger partial charge is 0.348 e. The van der Waals surface area contributed by atoms with Crippen molar-refractivity contribution in [3.05, 3.63) is 0 Å². The Balaban J connectivity index is 2.00. The summed E-state index contributed by atoms with van der Waals surface area (Å²) in [5, 5.41) is 0. The van der Waals surface area contributed by atoms with Crippen LogP contribution < -0.4 is 0 Å². The average Bonchev–Trinajstić information content (AvgIpc) is 3.08. The van der Waals surface area contributed by atoms with Gasteiger partial charge in [0, 0.05) is 12.8 Å². The highest BCUT2D eigenvalue weighted by Gasteiger charge is 2.35. The van der Waals surface area contributed by atoms with Gasteiger partial charge in [-0.25, -0.2) is 0 Å². The Morgan fingerprint density at radius 1 is 0.741 bits per heavy atom. The van der Waals surface area contributed by atoms with Crippen molar-refractivity contribution in [1.82, 2.24) is 0 Å². The Hall–Kier alpha value is -0.170. The summed E-state index contributed by atoms with van der Waals surface area (Å²) in [5.41, 5.74) is 0. The highest BCUT2D eigenvalue weighted by atomic mass is 32.2. The van der Waals surface area contributed by atoms with E-state index in [2.05, 4.69) is 6.92 Å². The molecule has 0 radical (unpaired) electrons. The fourth-order valence-corrected chi connectivity index (χ4v) is 4.12. The molecular formula is C21H42O5S.